The van der Waals surface area contributed by atoms with Crippen molar-refractivity contribution in [2.75, 3.05) is 11.9 Å². The molecule has 1 saturated carbocycles. The fourth-order valence-corrected chi connectivity index (χ4v) is 2.74. The summed E-state index contributed by atoms with van der Waals surface area (Å²) in [5, 5.41) is 3.04. The summed E-state index contributed by atoms with van der Waals surface area (Å²) in [6.45, 7) is 4.97. The van der Waals surface area contributed by atoms with Crippen LogP contribution in [0, 0.1) is 12.8 Å². The smallest absolute Gasteiger partial charge is 0.317 e. The molecule has 1 aliphatic rings. The minimum absolute atomic E-state index is 0.0166. The van der Waals surface area contributed by atoms with Crippen molar-refractivity contribution in [1.82, 2.24) is 4.90 Å². The summed E-state index contributed by atoms with van der Waals surface area (Å²) >= 11 is 0. The van der Waals surface area contributed by atoms with Crippen LogP contribution in [0.1, 0.15) is 36.9 Å². The number of carbonyl (C=O) groups excluding carboxylic acids is 1. The van der Waals surface area contributed by atoms with E-state index >= 15 is 0 Å². The molecule has 0 radical (unpaired) electrons. The van der Waals surface area contributed by atoms with Crippen molar-refractivity contribution in [3.05, 3.63) is 65.7 Å². The minimum Gasteiger partial charge on any atom is -0.317 e. The number of aryl methyl sites for hydroxylation is 1. The third-order valence-corrected chi connectivity index (χ3v) is 4.47. The Kier molecular flexibility index (Phi) is 4.65. The molecule has 0 aliphatic heterocycles. The quantitative estimate of drug-likeness (QED) is 0.828. The minimum atomic E-state index is -0.0166. The molecule has 23 heavy (non-hydrogen) atoms. The molecule has 0 spiro atoms. The largest absolute Gasteiger partial charge is 0.322 e. The molecule has 3 rings (SSSR count). The Bertz CT molecular complexity index is 647. The normalized spacial score (nSPS) is 15.0. The van der Waals surface area contributed by atoms with Crippen molar-refractivity contribution in [2.24, 2.45) is 5.92 Å². The lowest BCUT2D eigenvalue weighted by Crippen LogP contribution is -2.38. The number of hydrogen-bond donors (Lipinski definition) is 1. The molecule has 1 unspecified atom stereocenters. The van der Waals surface area contributed by atoms with Gasteiger partial charge in [-0.1, -0.05) is 48.0 Å². The van der Waals surface area contributed by atoms with Crippen molar-refractivity contribution in [1.29, 1.82) is 0 Å². The number of carbonyl (C=O) groups is 1. The first-order valence-corrected chi connectivity index (χ1v) is 8.32. The van der Waals surface area contributed by atoms with E-state index in [-0.39, 0.29) is 12.1 Å². The summed E-state index contributed by atoms with van der Waals surface area (Å²) < 4.78 is 0. The Balaban J connectivity index is 1.74. The van der Waals surface area contributed by atoms with E-state index < -0.39 is 0 Å². The van der Waals surface area contributed by atoms with E-state index in [0.717, 1.165) is 12.2 Å². The summed E-state index contributed by atoms with van der Waals surface area (Å²) in [5.41, 5.74) is 3.21. The lowest BCUT2D eigenvalue weighted by atomic mass is 10.1. The highest BCUT2D eigenvalue weighted by atomic mass is 16.2. The fraction of sp³-hybridized carbons (Fsp3) is 0.350. The number of rotatable bonds is 5. The lowest BCUT2D eigenvalue weighted by molar-refractivity contribution is 0.189. The second-order valence-electron chi connectivity index (χ2n) is 6.48. The number of hydrogen-bond acceptors (Lipinski definition) is 1. The third-order valence-electron chi connectivity index (χ3n) is 4.47. The van der Waals surface area contributed by atoms with E-state index in [1.807, 2.05) is 54.3 Å². The zero-order valence-corrected chi connectivity index (χ0v) is 13.8. The highest BCUT2D eigenvalue weighted by molar-refractivity contribution is 5.89. The van der Waals surface area contributed by atoms with Gasteiger partial charge in [-0.3, -0.25) is 0 Å². The van der Waals surface area contributed by atoms with Gasteiger partial charge in [-0.25, -0.2) is 4.79 Å². The number of nitrogens with one attached hydrogen (secondary N) is 1. The van der Waals surface area contributed by atoms with Crippen LogP contribution in [0.25, 0.3) is 0 Å². The van der Waals surface area contributed by atoms with Crippen molar-refractivity contribution in [3.8, 4) is 0 Å². The first kappa shape index (κ1) is 15.6. The first-order valence-electron chi connectivity index (χ1n) is 8.32. The van der Waals surface area contributed by atoms with Crippen LogP contribution in [0.2, 0.25) is 0 Å². The molecule has 120 valence electrons. The van der Waals surface area contributed by atoms with Crippen molar-refractivity contribution in [2.45, 2.75) is 32.7 Å². The molecule has 0 aromatic heterocycles. The van der Waals surface area contributed by atoms with Crippen LogP contribution in [-0.2, 0) is 0 Å². The summed E-state index contributed by atoms with van der Waals surface area (Å²) in [4.78, 5) is 14.8. The highest BCUT2D eigenvalue weighted by Crippen LogP contribution is 2.33. The summed E-state index contributed by atoms with van der Waals surface area (Å²) in [6.07, 6.45) is 2.46. The number of benzene rings is 2. The van der Waals surface area contributed by atoms with Gasteiger partial charge in [-0.05, 0) is 50.3 Å². The Morgan fingerprint density at radius 2 is 1.78 bits per heavy atom. The molecule has 1 aliphatic carbocycles. The van der Waals surface area contributed by atoms with Crippen LogP contribution in [0.15, 0.2) is 54.6 Å². The van der Waals surface area contributed by atoms with Crippen LogP contribution in [0.5, 0.6) is 0 Å². The number of anilines is 1. The molecule has 1 fully saturated rings. The predicted molar refractivity (Wildman–Crippen MR) is 94.5 cm³/mol. The Labute approximate surface area is 138 Å². The van der Waals surface area contributed by atoms with Crippen LogP contribution in [0.4, 0.5) is 10.5 Å². The summed E-state index contributed by atoms with van der Waals surface area (Å²) in [5.74, 6) is 0.657. The van der Waals surface area contributed by atoms with Crippen LogP contribution >= 0.6 is 0 Å². The topological polar surface area (TPSA) is 32.3 Å². The zero-order valence-electron chi connectivity index (χ0n) is 13.8. The molecular formula is C20H24N2O. The molecular weight excluding hydrogens is 284 g/mol. The lowest BCUT2D eigenvalue weighted by Gasteiger charge is -2.30. The molecule has 1 atom stereocenters. The molecule has 2 aromatic rings. The van der Waals surface area contributed by atoms with Gasteiger partial charge in [0.15, 0.2) is 0 Å². The monoisotopic (exact) mass is 308 g/mol. The standard InChI is InChI=1S/C20H24N2O/c1-15-8-12-19(13-9-15)21-20(23)22(14-17-10-11-17)16(2)18-6-4-3-5-7-18/h3-9,12-13,16-17H,10-11,14H2,1-2H3,(H,21,23). The van der Waals surface area contributed by atoms with Crippen molar-refractivity contribution < 1.29 is 4.79 Å². The van der Waals surface area contributed by atoms with Crippen LogP contribution < -0.4 is 5.32 Å². The molecule has 2 amide bonds. The van der Waals surface area contributed by atoms with Crippen LogP contribution in [-0.4, -0.2) is 17.5 Å². The summed E-state index contributed by atoms with van der Waals surface area (Å²) in [6, 6.07) is 18.2. The van der Waals surface area contributed by atoms with Crippen molar-refractivity contribution in [3.63, 3.8) is 0 Å². The van der Waals surface area contributed by atoms with Crippen LogP contribution in [0.3, 0.4) is 0 Å². The predicted octanol–water partition coefficient (Wildman–Crippen LogP) is 5.00. The van der Waals surface area contributed by atoms with E-state index in [4.69, 9.17) is 0 Å². The number of nitrogens with zero attached hydrogens (tertiary/aromatic N) is 1. The van der Waals surface area contributed by atoms with E-state index in [1.165, 1.54) is 24.0 Å². The highest BCUT2D eigenvalue weighted by Gasteiger charge is 2.30. The first-order chi connectivity index (χ1) is 11.1. The maximum absolute atomic E-state index is 12.8. The van der Waals surface area contributed by atoms with E-state index in [9.17, 15) is 4.79 Å². The Morgan fingerprint density at radius 3 is 2.39 bits per heavy atom. The van der Waals surface area contributed by atoms with Gasteiger partial charge in [0.2, 0.25) is 0 Å². The second kappa shape index (κ2) is 6.86. The third kappa shape index (κ3) is 4.13. The van der Waals surface area contributed by atoms with Gasteiger partial charge in [0.05, 0.1) is 6.04 Å². The molecule has 0 bridgehead atoms. The molecule has 0 heterocycles. The van der Waals surface area contributed by atoms with E-state index in [2.05, 4.69) is 24.4 Å². The Hall–Kier alpha value is -2.29. The van der Waals surface area contributed by atoms with Gasteiger partial charge in [-0.15, -0.1) is 0 Å². The van der Waals surface area contributed by atoms with Gasteiger partial charge in [0, 0.05) is 12.2 Å². The zero-order chi connectivity index (χ0) is 16.2. The average Bonchev–Trinajstić information content (AvgIpc) is 3.39. The fourth-order valence-electron chi connectivity index (χ4n) is 2.74. The van der Waals surface area contributed by atoms with Gasteiger partial charge >= 0.3 is 6.03 Å². The Morgan fingerprint density at radius 1 is 1.13 bits per heavy atom. The average molecular weight is 308 g/mol. The molecule has 0 saturated heterocycles. The molecule has 3 nitrogen and oxygen atoms in total. The number of urea groups is 1. The molecule has 3 heteroatoms. The summed E-state index contributed by atoms with van der Waals surface area (Å²) in [7, 11) is 0. The SMILES string of the molecule is Cc1ccc(NC(=O)N(CC2CC2)C(C)c2ccccc2)cc1. The molecule has 2 aromatic carbocycles. The van der Waals surface area contributed by atoms with Crippen molar-refractivity contribution >= 4 is 11.7 Å². The maximum Gasteiger partial charge on any atom is 0.322 e. The van der Waals surface area contributed by atoms with E-state index in [1.54, 1.807) is 0 Å². The van der Waals surface area contributed by atoms with Gasteiger partial charge in [-0.2, -0.15) is 0 Å². The van der Waals surface area contributed by atoms with Gasteiger partial charge < -0.3 is 10.2 Å². The maximum atomic E-state index is 12.8. The van der Waals surface area contributed by atoms with Gasteiger partial charge in [0.1, 0.15) is 0 Å². The van der Waals surface area contributed by atoms with Gasteiger partial charge in [0.25, 0.3) is 0 Å². The number of amides is 2. The second-order valence-corrected chi connectivity index (χ2v) is 6.48. The molecule has 1 N–H and O–H groups in total. The van der Waals surface area contributed by atoms with E-state index in [0.29, 0.717) is 5.92 Å².